The summed E-state index contributed by atoms with van der Waals surface area (Å²) >= 11 is 0. The van der Waals surface area contributed by atoms with Crippen molar-refractivity contribution in [3.63, 3.8) is 0 Å². The molecule has 7 nitrogen and oxygen atoms in total. The first-order valence-corrected chi connectivity index (χ1v) is 2.66. The van der Waals surface area contributed by atoms with E-state index in [1.807, 2.05) is 5.10 Å². The third kappa shape index (κ3) is 1.51. The van der Waals surface area contributed by atoms with Crippen LogP contribution in [0, 0.1) is 0 Å². The Morgan fingerprint density at radius 3 is 2.91 bits per heavy atom. The van der Waals surface area contributed by atoms with Crippen LogP contribution in [0.15, 0.2) is 4.79 Å². The number of aromatic nitrogens is 3. The first-order valence-electron chi connectivity index (χ1n) is 2.66. The first kappa shape index (κ1) is 7.19. The van der Waals surface area contributed by atoms with Crippen molar-refractivity contribution in [1.82, 2.24) is 15.2 Å². The lowest BCUT2D eigenvalue weighted by Crippen LogP contribution is -2.17. The van der Waals surface area contributed by atoms with E-state index in [1.54, 1.807) is 0 Å². The van der Waals surface area contributed by atoms with Gasteiger partial charge >= 0.3 is 5.69 Å². The fourth-order valence-corrected chi connectivity index (χ4v) is 0.510. The molecule has 0 radical (unpaired) electrons. The molecule has 1 aromatic heterocycles. The summed E-state index contributed by atoms with van der Waals surface area (Å²) in [6.07, 6.45) is 0.388. The zero-order valence-electron chi connectivity index (χ0n) is 5.37. The zero-order valence-corrected chi connectivity index (χ0v) is 5.37. The van der Waals surface area contributed by atoms with Gasteiger partial charge in [-0.05, 0) is 0 Å². The van der Waals surface area contributed by atoms with Gasteiger partial charge in [0.25, 0.3) is 0 Å². The number of carbonyl (C=O) groups is 1. The van der Waals surface area contributed by atoms with E-state index in [4.69, 9.17) is 5.73 Å². The monoisotopic (exact) mass is 155 g/mol. The molecule has 0 spiro atoms. The van der Waals surface area contributed by atoms with Crippen LogP contribution in [-0.4, -0.2) is 21.6 Å². The summed E-state index contributed by atoms with van der Waals surface area (Å²) in [5.74, 6) is -0.0690. The van der Waals surface area contributed by atoms with Crippen LogP contribution in [0.25, 0.3) is 0 Å². The normalized spacial score (nSPS) is 9.09. The molecule has 1 aromatic rings. The van der Waals surface area contributed by atoms with Crippen molar-refractivity contribution < 1.29 is 4.79 Å². The molecular formula is C4H5N5O2. The molecule has 58 valence electrons. The lowest BCUT2D eigenvalue weighted by Gasteiger charge is -1.96. The number of nitrogen functional groups attached to an aromatic ring is 1. The fraction of sp³-hybridized carbons (Fsp3) is 0. The molecule has 0 atom stereocenters. The van der Waals surface area contributed by atoms with E-state index >= 15 is 0 Å². The van der Waals surface area contributed by atoms with Crippen molar-refractivity contribution in [1.29, 1.82) is 0 Å². The summed E-state index contributed by atoms with van der Waals surface area (Å²) in [6.45, 7) is 0. The largest absolute Gasteiger partial charge is 0.380 e. The van der Waals surface area contributed by atoms with Crippen LogP contribution in [-0.2, 0) is 4.79 Å². The Balaban J connectivity index is 3.08. The number of nitrogens with two attached hydrogens (primary N) is 1. The molecule has 4 N–H and O–H groups in total. The van der Waals surface area contributed by atoms with Crippen LogP contribution in [0.5, 0.6) is 0 Å². The number of nitrogens with one attached hydrogen (secondary N) is 2. The molecule has 11 heavy (non-hydrogen) atoms. The average molecular weight is 155 g/mol. The quantitative estimate of drug-likeness (QED) is 0.441. The van der Waals surface area contributed by atoms with Crippen LogP contribution < -0.4 is 16.7 Å². The molecule has 0 saturated carbocycles. The van der Waals surface area contributed by atoms with Gasteiger partial charge in [0.05, 0.1) is 0 Å². The van der Waals surface area contributed by atoms with E-state index in [0.717, 1.165) is 0 Å². The number of carbonyl (C=O) groups excluding carboxylic acids is 1. The van der Waals surface area contributed by atoms with Gasteiger partial charge in [-0.2, -0.15) is 4.98 Å². The number of hydrogen-bond donors (Lipinski definition) is 3. The predicted molar refractivity (Wildman–Crippen MR) is 36.8 cm³/mol. The third-order valence-electron chi connectivity index (χ3n) is 0.924. The molecule has 1 rings (SSSR count). The minimum absolute atomic E-state index is 0.0413. The minimum atomic E-state index is -0.654. The lowest BCUT2D eigenvalue weighted by molar-refractivity contribution is -0.105. The van der Waals surface area contributed by atoms with E-state index in [9.17, 15) is 9.59 Å². The van der Waals surface area contributed by atoms with E-state index in [2.05, 4.69) is 15.4 Å². The highest BCUT2D eigenvalue weighted by atomic mass is 16.1. The van der Waals surface area contributed by atoms with Gasteiger partial charge in [0, 0.05) is 0 Å². The fourth-order valence-electron chi connectivity index (χ4n) is 0.510. The van der Waals surface area contributed by atoms with Crippen molar-refractivity contribution in [3.05, 3.63) is 10.5 Å². The standard InChI is InChI=1S/C4H5N5O2/c5-2-3(6-1-10)8-9-4(11)7-2/h1H,(H,6,8,10)(H3,5,7,9,11). The second-order valence-corrected chi connectivity index (χ2v) is 1.64. The molecular weight excluding hydrogens is 150 g/mol. The van der Waals surface area contributed by atoms with Gasteiger partial charge in [-0.25, -0.2) is 9.89 Å². The Hall–Kier alpha value is -1.92. The molecule has 0 saturated heterocycles. The van der Waals surface area contributed by atoms with E-state index in [-0.39, 0.29) is 11.6 Å². The molecule has 0 unspecified atom stereocenters. The molecule has 7 heteroatoms. The number of anilines is 2. The summed E-state index contributed by atoms with van der Waals surface area (Å²) in [7, 11) is 0. The molecule has 0 aliphatic heterocycles. The molecule has 1 amide bonds. The maximum absolute atomic E-state index is 10.4. The molecule has 0 aromatic carbocycles. The Kier molecular flexibility index (Phi) is 1.81. The minimum Gasteiger partial charge on any atom is -0.380 e. The van der Waals surface area contributed by atoms with Crippen molar-refractivity contribution in [2.24, 2.45) is 0 Å². The van der Waals surface area contributed by atoms with Gasteiger partial charge < -0.3 is 11.1 Å². The molecule has 0 aliphatic carbocycles. The summed E-state index contributed by atoms with van der Waals surface area (Å²) in [4.78, 5) is 23.6. The second kappa shape index (κ2) is 2.78. The average Bonchev–Trinajstić information content (AvgIpc) is 1.95. The summed E-state index contributed by atoms with van der Waals surface area (Å²) < 4.78 is 0. The SMILES string of the molecule is Nc1nc(=O)[nH]nc1NC=O. The number of hydrogen-bond acceptors (Lipinski definition) is 5. The maximum Gasteiger partial charge on any atom is 0.363 e. The van der Waals surface area contributed by atoms with Crippen molar-refractivity contribution in [2.45, 2.75) is 0 Å². The molecule has 0 aliphatic rings. The Morgan fingerprint density at radius 1 is 1.64 bits per heavy atom. The summed E-state index contributed by atoms with van der Waals surface area (Å²) in [5.41, 5.74) is 4.54. The van der Waals surface area contributed by atoms with Gasteiger partial charge in [0.15, 0.2) is 11.6 Å². The van der Waals surface area contributed by atoms with Gasteiger partial charge in [-0.1, -0.05) is 0 Å². The van der Waals surface area contributed by atoms with Crippen molar-refractivity contribution in [2.75, 3.05) is 11.1 Å². The smallest absolute Gasteiger partial charge is 0.363 e. The van der Waals surface area contributed by atoms with E-state index < -0.39 is 5.69 Å². The Bertz CT molecular complexity index is 319. The number of rotatable bonds is 2. The molecule has 0 fully saturated rings. The topological polar surface area (TPSA) is 114 Å². The van der Waals surface area contributed by atoms with Crippen LogP contribution in [0.1, 0.15) is 0 Å². The van der Waals surface area contributed by atoms with Gasteiger partial charge in [-0.3, -0.25) is 4.79 Å². The highest BCUT2D eigenvalue weighted by Gasteiger charge is 1.99. The summed E-state index contributed by atoms with van der Waals surface area (Å²) in [5, 5.41) is 7.56. The molecule has 0 bridgehead atoms. The van der Waals surface area contributed by atoms with Crippen molar-refractivity contribution in [3.8, 4) is 0 Å². The summed E-state index contributed by atoms with van der Waals surface area (Å²) in [6, 6.07) is 0. The van der Waals surface area contributed by atoms with Gasteiger partial charge in [-0.15, -0.1) is 5.10 Å². The van der Waals surface area contributed by atoms with E-state index in [1.165, 1.54) is 0 Å². The van der Waals surface area contributed by atoms with Crippen LogP contribution in [0.2, 0.25) is 0 Å². The number of aromatic amines is 1. The van der Waals surface area contributed by atoms with E-state index in [0.29, 0.717) is 6.41 Å². The van der Waals surface area contributed by atoms with Crippen LogP contribution >= 0.6 is 0 Å². The van der Waals surface area contributed by atoms with Crippen molar-refractivity contribution >= 4 is 18.0 Å². The highest BCUT2D eigenvalue weighted by Crippen LogP contribution is 2.03. The van der Waals surface area contributed by atoms with Crippen LogP contribution in [0.3, 0.4) is 0 Å². The predicted octanol–water partition coefficient (Wildman–Crippen LogP) is -1.68. The second-order valence-electron chi connectivity index (χ2n) is 1.64. The number of nitrogens with zero attached hydrogens (tertiary/aromatic N) is 2. The molecule has 1 heterocycles. The van der Waals surface area contributed by atoms with Gasteiger partial charge in [0.2, 0.25) is 6.41 Å². The number of amides is 1. The third-order valence-corrected chi connectivity index (χ3v) is 0.924. The Morgan fingerprint density at radius 2 is 2.36 bits per heavy atom. The lowest BCUT2D eigenvalue weighted by atomic mass is 10.6. The maximum atomic E-state index is 10.4. The van der Waals surface area contributed by atoms with Crippen LogP contribution in [0.4, 0.5) is 11.6 Å². The number of H-pyrrole nitrogens is 1. The highest BCUT2D eigenvalue weighted by molar-refractivity contribution is 5.74. The Labute approximate surface area is 60.6 Å². The van der Waals surface area contributed by atoms with Gasteiger partial charge in [0.1, 0.15) is 0 Å². The first-order chi connectivity index (χ1) is 5.24. The zero-order chi connectivity index (χ0) is 8.27.